The molecule has 1 amide bonds. The molecular formula is C23H17N4O4S+. The number of nitrogens with one attached hydrogen (secondary N) is 2. The van der Waals surface area contributed by atoms with E-state index in [1.165, 1.54) is 30.3 Å². The van der Waals surface area contributed by atoms with Crippen molar-refractivity contribution in [1.29, 1.82) is 0 Å². The van der Waals surface area contributed by atoms with Crippen molar-refractivity contribution in [1.82, 2.24) is 10.1 Å². The van der Waals surface area contributed by atoms with Crippen molar-refractivity contribution in [2.75, 3.05) is 5.32 Å². The number of aromatic amines is 1. The van der Waals surface area contributed by atoms with E-state index >= 15 is 0 Å². The topological polar surface area (TPSA) is 113 Å². The summed E-state index contributed by atoms with van der Waals surface area (Å²) in [4.78, 5) is 29.8. The summed E-state index contributed by atoms with van der Waals surface area (Å²) in [6.45, 7) is 1.84. The summed E-state index contributed by atoms with van der Waals surface area (Å²) in [7, 11) is -3.93. The number of carbonyl (C=O) groups excluding carboxylic acids is 2. The number of nitrogens with zero attached hydrogens (tertiary/aromatic N) is 2. The first kappa shape index (κ1) is 19.8. The van der Waals surface area contributed by atoms with E-state index in [2.05, 4.69) is 15.4 Å². The Hall–Kier alpha value is -4.11. The van der Waals surface area contributed by atoms with Crippen LogP contribution in [0.4, 0.5) is 5.82 Å². The molecule has 3 heterocycles. The van der Waals surface area contributed by atoms with Crippen LogP contribution in [0.15, 0.2) is 82.7 Å². The molecule has 2 aromatic carbocycles. The zero-order valence-electron chi connectivity index (χ0n) is 16.9. The van der Waals surface area contributed by atoms with Gasteiger partial charge < -0.3 is 0 Å². The number of fused-ring (bicyclic) bond motifs is 2. The van der Waals surface area contributed by atoms with Gasteiger partial charge in [-0.1, -0.05) is 18.2 Å². The number of pyridine rings is 1. The molecular weight excluding hydrogens is 428 g/mol. The molecule has 9 heteroatoms. The number of hydrogen-bond donors (Lipinski definition) is 2. The van der Waals surface area contributed by atoms with Crippen molar-refractivity contribution in [3.05, 3.63) is 95.3 Å². The Labute approximate surface area is 183 Å². The number of ketones is 1. The van der Waals surface area contributed by atoms with Crippen LogP contribution in [0, 0.1) is 6.92 Å². The lowest BCUT2D eigenvalue weighted by Crippen LogP contribution is -2.38. The number of H-pyrrole nitrogens is 1. The summed E-state index contributed by atoms with van der Waals surface area (Å²) in [5.41, 5.74) is 1.10. The van der Waals surface area contributed by atoms with Crippen molar-refractivity contribution in [3.8, 4) is 5.82 Å². The van der Waals surface area contributed by atoms with E-state index in [0.717, 1.165) is 5.69 Å². The van der Waals surface area contributed by atoms with E-state index in [1.54, 1.807) is 41.2 Å². The number of benzene rings is 2. The van der Waals surface area contributed by atoms with Gasteiger partial charge >= 0.3 is 5.91 Å². The number of anilines is 1. The second-order valence-corrected chi connectivity index (χ2v) is 9.23. The molecule has 0 saturated heterocycles. The second kappa shape index (κ2) is 7.24. The van der Waals surface area contributed by atoms with E-state index < -0.39 is 15.7 Å². The van der Waals surface area contributed by atoms with Crippen LogP contribution in [-0.2, 0) is 9.84 Å². The Morgan fingerprint density at radius 2 is 1.72 bits per heavy atom. The summed E-state index contributed by atoms with van der Waals surface area (Å²) in [6.07, 6.45) is 1.63. The molecule has 32 heavy (non-hydrogen) atoms. The Balaban J connectivity index is 1.53. The Kier molecular flexibility index (Phi) is 4.49. The molecule has 8 nitrogen and oxygen atoms in total. The van der Waals surface area contributed by atoms with Crippen LogP contribution in [0.25, 0.3) is 5.82 Å². The van der Waals surface area contributed by atoms with E-state index in [1.807, 2.05) is 13.0 Å². The molecule has 0 unspecified atom stereocenters. The smallest absolute Gasteiger partial charge is 0.289 e. The molecule has 4 aromatic rings. The molecule has 0 aliphatic carbocycles. The maximum absolute atomic E-state index is 13.1. The third-order valence-corrected chi connectivity index (χ3v) is 7.05. The van der Waals surface area contributed by atoms with Crippen molar-refractivity contribution in [2.24, 2.45) is 0 Å². The van der Waals surface area contributed by atoms with Crippen LogP contribution >= 0.6 is 0 Å². The van der Waals surface area contributed by atoms with Gasteiger partial charge in [-0.05, 0) is 43.3 Å². The molecule has 0 atom stereocenters. The first-order chi connectivity index (χ1) is 15.4. The van der Waals surface area contributed by atoms with Crippen LogP contribution in [0.1, 0.15) is 32.0 Å². The highest BCUT2D eigenvalue weighted by Crippen LogP contribution is 2.34. The highest BCUT2D eigenvalue weighted by atomic mass is 32.2. The second-order valence-electron chi connectivity index (χ2n) is 7.34. The quantitative estimate of drug-likeness (QED) is 0.415. The van der Waals surface area contributed by atoms with Gasteiger partial charge in [-0.3, -0.25) is 9.59 Å². The maximum Gasteiger partial charge on any atom is 0.311 e. The van der Waals surface area contributed by atoms with E-state index in [-0.39, 0.29) is 32.3 Å². The number of hydrogen-bond acceptors (Lipinski definition) is 5. The molecule has 0 spiro atoms. The number of aromatic nitrogens is 3. The molecule has 0 bridgehead atoms. The highest BCUT2D eigenvalue weighted by Gasteiger charge is 2.35. The predicted octanol–water partition coefficient (Wildman–Crippen LogP) is 2.62. The lowest BCUT2D eigenvalue weighted by atomic mass is 10.0. The molecule has 0 saturated carbocycles. The fourth-order valence-corrected chi connectivity index (χ4v) is 5.39. The average molecular weight is 445 g/mol. The molecule has 2 aromatic heterocycles. The maximum atomic E-state index is 13.1. The van der Waals surface area contributed by atoms with Gasteiger partial charge in [-0.2, -0.15) is 0 Å². The number of sulfone groups is 1. The van der Waals surface area contributed by atoms with Gasteiger partial charge in [-0.25, -0.2) is 18.8 Å². The summed E-state index contributed by atoms with van der Waals surface area (Å²) >= 11 is 0. The molecule has 5 rings (SSSR count). The van der Waals surface area contributed by atoms with Crippen LogP contribution < -0.4 is 10.00 Å². The van der Waals surface area contributed by atoms with E-state index in [9.17, 15) is 18.0 Å². The van der Waals surface area contributed by atoms with Crippen molar-refractivity contribution < 1.29 is 22.7 Å². The zero-order chi connectivity index (χ0) is 22.5. The van der Waals surface area contributed by atoms with Crippen molar-refractivity contribution in [3.63, 3.8) is 0 Å². The average Bonchev–Trinajstić information content (AvgIpc) is 3.18. The lowest BCUT2D eigenvalue weighted by molar-refractivity contribution is -0.645. The van der Waals surface area contributed by atoms with Gasteiger partial charge in [0.1, 0.15) is 6.20 Å². The predicted molar refractivity (Wildman–Crippen MR) is 115 cm³/mol. The molecule has 2 N–H and O–H groups in total. The molecule has 1 aliphatic rings. The minimum atomic E-state index is -3.93. The first-order valence-electron chi connectivity index (χ1n) is 9.73. The van der Waals surface area contributed by atoms with Crippen LogP contribution in [0.2, 0.25) is 0 Å². The van der Waals surface area contributed by atoms with E-state index in [4.69, 9.17) is 0 Å². The summed E-state index contributed by atoms with van der Waals surface area (Å²) in [5, 5.41) is 5.88. The van der Waals surface area contributed by atoms with Gasteiger partial charge in [0.15, 0.2) is 5.78 Å². The third kappa shape index (κ3) is 3.10. The minimum Gasteiger partial charge on any atom is -0.289 e. The van der Waals surface area contributed by atoms with E-state index in [0.29, 0.717) is 11.6 Å². The normalized spacial score (nSPS) is 13.8. The zero-order valence-corrected chi connectivity index (χ0v) is 17.7. The highest BCUT2D eigenvalue weighted by molar-refractivity contribution is 7.91. The summed E-state index contributed by atoms with van der Waals surface area (Å²) < 4.78 is 27.8. The van der Waals surface area contributed by atoms with Gasteiger partial charge in [-0.15, -0.1) is 9.67 Å². The molecule has 1 aliphatic heterocycles. The van der Waals surface area contributed by atoms with Gasteiger partial charge in [0.2, 0.25) is 9.84 Å². The lowest BCUT2D eigenvalue weighted by Gasteiger charge is -2.19. The Bertz CT molecular complexity index is 1510. The number of aryl methyl sites for hydroxylation is 1. The molecule has 0 radical (unpaired) electrons. The summed E-state index contributed by atoms with van der Waals surface area (Å²) in [6, 6.07) is 17.3. The van der Waals surface area contributed by atoms with Crippen LogP contribution in [0.3, 0.4) is 0 Å². The fraction of sp³-hybridized carbons (Fsp3) is 0.0435. The molecule has 0 fully saturated rings. The third-order valence-electron chi connectivity index (χ3n) is 5.20. The van der Waals surface area contributed by atoms with Gasteiger partial charge in [0.25, 0.3) is 11.6 Å². The number of rotatable bonds is 3. The van der Waals surface area contributed by atoms with Crippen molar-refractivity contribution >= 4 is 27.3 Å². The van der Waals surface area contributed by atoms with Gasteiger partial charge in [0.05, 0.1) is 15.4 Å². The Morgan fingerprint density at radius 1 is 0.969 bits per heavy atom. The number of carbonyl (C=O) groups is 2. The molecule has 158 valence electrons. The number of amides is 1. The fourth-order valence-electron chi connectivity index (χ4n) is 3.71. The van der Waals surface area contributed by atoms with Gasteiger partial charge in [0, 0.05) is 29.0 Å². The largest absolute Gasteiger partial charge is 0.311 e. The minimum absolute atomic E-state index is 0.0516. The van der Waals surface area contributed by atoms with Crippen LogP contribution in [-0.4, -0.2) is 30.2 Å². The van der Waals surface area contributed by atoms with Crippen LogP contribution in [0.5, 0.6) is 0 Å². The summed E-state index contributed by atoms with van der Waals surface area (Å²) in [5.74, 6) is 0.115. The monoisotopic (exact) mass is 445 g/mol. The Morgan fingerprint density at radius 3 is 2.50 bits per heavy atom. The first-order valence-corrected chi connectivity index (χ1v) is 11.2. The van der Waals surface area contributed by atoms with Crippen molar-refractivity contribution in [2.45, 2.75) is 16.7 Å². The standard InChI is InChI=1S/C23H16N4O4S/c1-14-12-21(27(26-14)20-8-4-5-11-24-20)25-23(29)15-9-10-17-19(13-15)32(30,31)18-7-3-2-6-16(18)22(17)28/h2-13H,1H3,(H,25,26,29)/p+1. The SMILES string of the molecule is Cc1cc(NC(=O)c2ccc3c(c2)S(=O)(=O)c2ccccc2C3=O)[n+](-c2ccccn2)[nH]1.